The van der Waals surface area contributed by atoms with E-state index in [-0.39, 0.29) is 17.9 Å². The number of esters is 1. The second-order valence-corrected chi connectivity index (χ2v) is 6.02. The molecule has 122 valence electrons. The lowest BCUT2D eigenvalue weighted by Crippen LogP contribution is -2.37. The molecular formula is C16H29NO4. The van der Waals surface area contributed by atoms with Crippen LogP contribution in [0.15, 0.2) is 12.2 Å². The van der Waals surface area contributed by atoms with Crippen LogP contribution >= 0.6 is 0 Å². The number of aliphatic hydroxyl groups is 1. The third kappa shape index (κ3) is 8.50. The Hall–Kier alpha value is -1.36. The van der Waals surface area contributed by atoms with E-state index < -0.39 is 12.1 Å². The van der Waals surface area contributed by atoms with Gasteiger partial charge >= 0.3 is 5.97 Å². The third-order valence-corrected chi connectivity index (χ3v) is 3.50. The van der Waals surface area contributed by atoms with Crippen molar-refractivity contribution in [3.05, 3.63) is 12.2 Å². The lowest BCUT2D eigenvalue weighted by molar-refractivity contribution is -0.142. The average Bonchev–Trinajstić information content (AvgIpc) is 2.43. The van der Waals surface area contributed by atoms with Crippen LogP contribution in [0.25, 0.3) is 0 Å². The number of hydrogen-bond acceptors (Lipinski definition) is 4. The van der Waals surface area contributed by atoms with Crippen LogP contribution in [0.5, 0.6) is 0 Å². The van der Waals surface area contributed by atoms with E-state index in [4.69, 9.17) is 4.74 Å². The molecule has 21 heavy (non-hydrogen) atoms. The molecule has 5 heteroatoms. The van der Waals surface area contributed by atoms with E-state index in [2.05, 4.69) is 11.9 Å². The van der Waals surface area contributed by atoms with Crippen molar-refractivity contribution >= 4 is 11.9 Å². The highest BCUT2D eigenvalue weighted by atomic mass is 16.5. The topological polar surface area (TPSA) is 75.6 Å². The molecule has 0 aliphatic heterocycles. The highest BCUT2D eigenvalue weighted by molar-refractivity contribution is 5.86. The lowest BCUT2D eigenvalue weighted by atomic mass is 9.89. The summed E-state index contributed by atoms with van der Waals surface area (Å²) < 4.78 is 4.86. The van der Waals surface area contributed by atoms with Gasteiger partial charge in [-0.3, -0.25) is 4.79 Å². The molecule has 1 amide bonds. The molecule has 0 rings (SSSR count). The normalized spacial score (nSPS) is 12.6. The highest BCUT2D eigenvalue weighted by Crippen LogP contribution is 2.19. The molecule has 0 heterocycles. The number of amides is 1. The van der Waals surface area contributed by atoms with Gasteiger partial charge in [0.05, 0.1) is 6.10 Å². The minimum absolute atomic E-state index is 0.0130. The van der Waals surface area contributed by atoms with Crippen LogP contribution in [0.4, 0.5) is 0 Å². The van der Waals surface area contributed by atoms with E-state index in [0.29, 0.717) is 18.5 Å². The number of unbranched alkanes of at least 4 members (excludes halogenated alkanes) is 1. The number of hydrogen-bond donors (Lipinski definition) is 2. The second kappa shape index (κ2) is 9.55. The SMILES string of the molecule is C=C(C)C(=O)OCC(O)CCCCNC(=O)C(C)(C)CC. The van der Waals surface area contributed by atoms with Crippen LogP contribution in [0.3, 0.4) is 0 Å². The summed E-state index contributed by atoms with van der Waals surface area (Å²) in [4.78, 5) is 22.9. The fourth-order valence-corrected chi connectivity index (χ4v) is 1.49. The maximum Gasteiger partial charge on any atom is 0.333 e. The third-order valence-electron chi connectivity index (χ3n) is 3.50. The molecule has 0 saturated heterocycles. The molecule has 0 aromatic carbocycles. The molecule has 0 bridgehead atoms. The summed E-state index contributed by atoms with van der Waals surface area (Å²) in [5, 5.41) is 12.6. The predicted octanol–water partition coefficient (Wildman–Crippen LogP) is 2.19. The summed E-state index contributed by atoms with van der Waals surface area (Å²) >= 11 is 0. The molecule has 0 radical (unpaired) electrons. The second-order valence-electron chi connectivity index (χ2n) is 6.02. The van der Waals surface area contributed by atoms with Crippen molar-refractivity contribution in [1.82, 2.24) is 5.32 Å². The van der Waals surface area contributed by atoms with Gasteiger partial charge in [-0.1, -0.05) is 27.4 Å². The number of ether oxygens (including phenoxy) is 1. The maximum absolute atomic E-state index is 11.8. The summed E-state index contributed by atoms with van der Waals surface area (Å²) in [6.07, 6.45) is 2.22. The van der Waals surface area contributed by atoms with Crippen molar-refractivity contribution in [3.63, 3.8) is 0 Å². The zero-order chi connectivity index (χ0) is 16.5. The van der Waals surface area contributed by atoms with Crippen LogP contribution in [-0.2, 0) is 14.3 Å². The zero-order valence-corrected chi connectivity index (χ0v) is 13.7. The number of nitrogens with one attached hydrogen (secondary N) is 1. The molecule has 0 aliphatic carbocycles. The quantitative estimate of drug-likeness (QED) is 0.368. The van der Waals surface area contributed by atoms with E-state index in [9.17, 15) is 14.7 Å². The van der Waals surface area contributed by atoms with Crippen LogP contribution in [0.1, 0.15) is 53.4 Å². The first-order chi connectivity index (χ1) is 9.70. The molecular weight excluding hydrogens is 270 g/mol. The highest BCUT2D eigenvalue weighted by Gasteiger charge is 2.24. The molecule has 0 aliphatic rings. The Kier molecular flexibility index (Phi) is 8.93. The van der Waals surface area contributed by atoms with Crippen molar-refractivity contribution in [2.24, 2.45) is 5.41 Å². The molecule has 0 fully saturated rings. The first-order valence-corrected chi connectivity index (χ1v) is 7.49. The Morgan fingerprint density at radius 2 is 1.95 bits per heavy atom. The largest absolute Gasteiger partial charge is 0.460 e. The first kappa shape index (κ1) is 19.6. The average molecular weight is 299 g/mol. The Balaban J connectivity index is 3.70. The van der Waals surface area contributed by atoms with Gasteiger partial charge in [0.25, 0.3) is 0 Å². The van der Waals surface area contributed by atoms with E-state index in [0.717, 1.165) is 19.3 Å². The summed E-state index contributed by atoms with van der Waals surface area (Å²) in [7, 11) is 0. The summed E-state index contributed by atoms with van der Waals surface area (Å²) in [6.45, 7) is 11.4. The van der Waals surface area contributed by atoms with Gasteiger partial charge in [-0.15, -0.1) is 0 Å². The van der Waals surface area contributed by atoms with Crippen LogP contribution in [-0.4, -0.2) is 36.2 Å². The van der Waals surface area contributed by atoms with Gasteiger partial charge in [0.1, 0.15) is 6.61 Å². The minimum Gasteiger partial charge on any atom is -0.460 e. The van der Waals surface area contributed by atoms with E-state index in [1.807, 2.05) is 20.8 Å². The maximum atomic E-state index is 11.8. The standard InChI is InChI=1S/C16H29NO4/c1-6-16(4,5)15(20)17-10-8-7-9-13(18)11-21-14(19)12(2)3/h13,18H,2,6-11H2,1,3-5H3,(H,17,20). The molecule has 0 aromatic heterocycles. The molecule has 1 atom stereocenters. The molecule has 5 nitrogen and oxygen atoms in total. The monoisotopic (exact) mass is 299 g/mol. The van der Waals surface area contributed by atoms with Gasteiger partial charge in [-0.25, -0.2) is 4.79 Å². The van der Waals surface area contributed by atoms with Crippen LogP contribution in [0, 0.1) is 5.41 Å². The Morgan fingerprint density at radius 1 is 1.33 bits per heavy atom. The summed E-state index contributed by atoms with van der Waals surface area (Å²) in [6, 6.07) is 0. The van der Waals surface area contributed by atoms with E-state index in [1.165, 1.54) is 0 Å². The molecule has 2 N–H and O–H groups in total. The van der Waals surface area contributed by atoms with Gasteiger partial charge in [-0.2, -0.15) is 0 Å². The van der Waals surface area contributed by atoms with Gasteiger partial charge in [-0.05, 0) is 32.6 Å². The smallest absolute Gasteiger partial charge is 0.333 e. The molecule has 0 spiro atoms. The Bertz CT molecular complexity index is 363. The Labute approximate surface area is 127 Å². The van der Waals surface area contributed by atoms with Crippen molar-refractivity contribution in [3.8, 4) is 0 Å². The zero-order valence-electron chi connectivity index (χ0n) is 13.7. The number of aliphatic hydroxyl groups excluding tert-OH is 1. The number of rotatable bonds is 10. The Morgan fingerprint density at radius 3 is 2.48 bits per heavy atom. The van der Waals surface area contributed by atoms with Gasteiger partial charge in [0.15, 0.2) is 0 Å². The first-order valence-electron chi connectivity index (χ1n) is 7.49. The van der Waals surface area contributed by atoms with Crippen molar-refractivity contribution in [2.45, 2.75) is 59.5 Å². The van der Waals surface area contributed by atoms with Gasteiger partial charge in [0, 0.05) is 17.5 Å². The summed E-state index contributed by atoms with van der Waals surface area (Å²) in [5.74, 6) is -0.427. The van der Waals surface area contributed by atoms with Gasteiger partial charge < -0.3 is 15.2 Å². The molecule has 1 unspecified atom stereocenters. The molecule has 0 aromatic rings. The summed E-state index contributed by atoms with van der Waals surface area (Å²) in [5.41, 5.74) is -0.0144. The van der Waals surface area contributed by atoms with Crippen molar-refractivity contribution in [1.29, 1.82) is 0 Å². The lowest BCUT2D eigenvalue weighted by Gasteiger charge is -2.21. The van der Waals surface area contributed by atoms with Crippen LogP contribution < -0.4 is 5.32 Å². The van der Waals surface area contributed by atoms with Gasteiger partial charge in [0.2, 0.25) is 5.91 Å². The number of carbonyl (C=O) groups is 2. The van der Waals surface area contributed by atoms with E-state index in [1.54, 1.807) is 6.92 Å². The van der Waals surface area contributed by atoms with Crippen LogP contribution in [0.2, 0.25) is 0 Å². The van der Waals surface area contributed by atoms with Crippen molar-refractivity contribution < 1.29 is 19.4 Å². The fraction of sp³-hybridized carbons (Fsp3) is 0.750. The fourth-order valence-electron chi connectivity index (χ4n) is 1.49. The van der Waals surface area contributed by atoms with Crippen molar-refractivity contribution in [2.75, 3.05) is 13.2 Å². The minimum atomic E-state index is -0.670. The predicted molar refractivity (Wildman–Crippen MR) is 82.7 cm³/mol. The molecule has 0 saturated carbocycles. The van der Waals surface area contributed by atoms with E-state index >= 15 is 0 Å². The number of carbonyl (C=O) groups excluding carboxylic acids is 2.